The highest BCUT2D eigenvalue weighted by Gasteiger charge is 2.34. The maximum atomic E-state index is 12.4. The zero-order valence-electron chi connectivity index (χ0n) is 12.1. The highest BCUT2D eigenvalue weighted by Crippen LogP contribution is 2.24. The Morgan fingerprint density at radius 3 is 2.95 bits per heavy atom. The first kappa shape index (κ1) is 15.9. The van der Waals surface area contributed by atoms with Crippen molar-refractivity contribution in [2.75, 3.05) is 27.4 Å². The van der Waals surface area contributed by atoms with Crippen LogP contribution in [-0.4, -0.2) is 45.3 Å². The molecule has 1 saturated heterocycles. The average molecular weight is 312 g/mol. The summed E-state index contributed by atoms with van der Waals surface area (Å²) in [7, 11) is 3.16. The molecule has 1 aliphatic heterocycles. The van der Waals surface area contributed by atoms with Crippen LogP contribution in [-0.2, 0) is 19.1 Å². The minimum Gasteiger partial charge on any atom is -0.469 e. The molecular formula is C14H20N2O4S. The van der Waals surface area contributed by atoms with Crippen LogP contribution in [0.15, 0.2) is 17.5 Å². The molecule has 0 saturated carbocycles. The number of carbonyl (C=O) groups excluding carboxylic acids is 2. The van der Waals surface area contributed by atoms with Gasteiger partial charge in [-0.15, -0.1) is 11.3 Å². The molecule has 1 aromatic heterocycles. The summed E-state index contributed by atoms with van der Waals surface area (Å²) in [5.41, 5.74) is 0. The highest BCUT2D eigenvalue weighted by molar-refractivity contribution is 7.10. The van der Waals surface area contributed by atoms with Crippen molar-refractivity contribution in [2.45, 2.75) is 18.5 Å². The number of hydrogen-bond acceptors (Lipinski definition) is 6. The van der Waals surface area contributed by atoms with Gasteiger partial charge in [-0.2, -0.15) is 0 Å². The summed E-state index contributed by atoms with van der Waals surface area (Å²) in [6, 6.07) is 3.44. The first-order valence-electron chi connectivity index (χ1n) is 6.81. The third-order valence-corrected chi connectivity index (χ3v) is 4.58. The number of carbonyl (C=O) groups is 2. The van der Waals surface area contributed by atoms with Crippen molar-refractivity contribution in [2.24, 2.45) is 5.92 Å². The monoisotopic (exact) mass is 312 g/mol. The van der Waals surface area contributed by atoms with Crippen LogP contribution in [0, 0.1) is 5.92 Å². The first-order valence-corrected chi connectivity index (χ1v) is 7.69. The smallest absolute Gasteiger partial charge is 0.307 e. The van der Waals surface area contributed by atoms with E-state index in [1.807, 2.05) is 24.6 Å². The standard InChI is InChI=1S/C14H20N2O4S/c1-15-11-8-20-7-9(11)14(18)16-10(6-13(17)19-2)12-4-3-5-21-12/h3-5,9-11,15H,6-8H2,1-2H3,(H,16,18). The summed E-state index contributed by atoms with van der Waals surface area (Å²) in [5.74, 6) is -0.689. The zero-order chi connectivity index (χ0) is 15.2. The molecule has 0 aromatic carbocycles. The molecule has 7 heteroatoms. The topological polar surface area (TPSA) is 76.7 Å². The SMILES string of the molecule is CNC1COCC1C(=O)NC(CC(=O)OC)c1cccs1. The predicted octanol–water partition coefficient (Wildman–Crippen LogP) is 0.703. The van der Waals surface area contributed by atoms with Crippen LogP contribution in [0.4, 0.5) is 0 Å². The van der Waals surface area contributed by atoms with Crippen LogP contribution in [0.1, 0.15) is 17.3 Å². The van der Waals surface area contributed by atoms with E-state index in [9.17, 15) is 9.59 Å². The molecule has 1 aromatic rings. The second-order valence-electron chi connectivity index (χ2n) is 4.90. The van der Waals surface area contributed by atoms with Crippen molar-refractivity contribution in [1.82, 2.24) is 10.6 Å². The van der Waals surface area contributed by atoms with E-state index in [-0.39, 0.29) is 36.3 Å². The molecule has 3 unspecified atom stereocenters. The fourth-order valence-corrected chi connectivity index (χ4v) is 3.12. The van der Waals surface area contributed by atoms with Gasteiger partial charge in [0.25, 0.3) is 0 Å². The summed E-state index contributed by atoms with van der Waals surface area (Å²) < 4.78 is 10.0. The summed E-state index contributed by atoms with van der Waals surface area (Å²) >= 11 is 1.51. The Hall–Kier alpha value is -1.44. The molecule has 116 valence electrons. The lowest BCUT2D eigenvalue weighted by atomic mass is 10.0. The normalized spacial score (nSPS) is 22.8. The largest absolute Gasteiger partial charge is 0.469 e. The molecule has 0 spiro atoms. The summed E-state index contributed by atoms with van der Waals surface area (Å²) in [6.07, 6.45) is 0.126. The number of thiophene rings is 1. The van der Waals surface area contributed by atoms with E-state index in [1.165, 1.54) is 18.4 Å². The van der Waals surface area contributed by atoms with Gasteiger partial charge in [0.1, 0.15) is 0 Å². The molecule has 3 atom stereocenters. The quantitative estimate of drug-likeness (QED) is 0.756. The number of ether oxygens (including phenoxy) is 2. The van der Waals surface area contributed by atoms with E-state index < -0.39 is 0 Å². The molecule has 2 N–H and O–H groups in total. The Morgan fingerprint density at radius 1 is 1.52 bits per heavy atom. The number of esters is 1. The van der Waals surface area contributed by atoms with Crippen LogP contribution >= 0.6 is 11.3 Å². The fourth-order valence-electron chi connectivity index (χ4n) is 2.34. The number of nitrogens with one attached hydrogen (secondary N) is 2. The lowest BCUT2D eigenvalue weighted by Gasteiger charge is -2.21. The van der Waals surface area contributed by atoms with Gasteiger partial charge in [0.05, 0.1) is 38.7 Å². The second kappa shape index (κ2) is 7.53. The van der Waals surface area contributed by atoms with Crippen molar-refractivity contribution in [3.8, 4) is 0 Å². The van der Waals surface area contributed by atoms with Crippen LogP contribution in [0.2, 0.25) is 0 Å². The Labute approximate surface area is 127 Å². The van der Waals surface area contributed by atoms with Gasteiger partial charge in [0, 0.05) is 10.9 Å². The molecule has 0 aliphatic carbocycles. The third kappa shape index (κ3) is 4.03. The predicted molar refractivity (Wildman–Crippen MR) is 79.0 cm³/mol. The molecular weight excluding hydrogens is 292 g/mol. The van der Waals surface area contributed by atoms with Gasteiger partial charge >= 0.3 is 5.97 Å². The van der Waals surface area contributed by atoms with E-state index in [0.29, 0.717) is 13.2 Å². The lowest BCUT2D eigenvalue weighted by molar-refractivity contribution is -0.141. The molecule has 1 amide bonds. The molecule has 21 heavy (non-hydrogen) atoms. The second-order valence-corrected chi connectivity index (χ2v) is 5.88. The molecule has 1 aliphatic rings. The van der Waals surface area contributed by atoms with Gasteiger partial charge in [-0.05, 0) is 18.5 Å². The van der Waals surface area contributed by atoms with Gasteiger partial charge in [-0.1, -0.05) is 6.07 Å². The first-order chi connectivity index (χ1) is 10.2. The fraction of sp³-hybridized carbons (Fsp3) is 0.571. The van der Waals surface area contributed by atoms with Crippen LogP contribution < -0.4 is 10.6 Å². The van der Waals surface area contributed by atoms with Crippen molar-refractivity contribution in [3.05, 3.63) is 22.4 Å². The minimum absolute atomic E-state index is 0.00659. The Bertz CT molecular complexity index is 477. The van der Waals surface area contributed by atoms with Crippen LogP contribution in [0.3, 0.4) is 0 Å². The maximum absolute atomic E-state index is 12.4. The summed E-state index contributed by atoms with van der Waals surface area (Å²) in [5, 5.41) is 7.94. The van der Waals surface area contributed by atoms with Crippen LogP contribution in [0.25, 0.3) is 0 Å². The number of rotatable bonds is 6. The van der Waals surface area contributed by atoms with E-state index in [1.54, 1.807) is 0 Å². The van der Waals surface area contributed by atoms with Gasteiger partial charge in [0.15, 0.2) is 0 Å². The third-order valence-electron chi connectivity index (χ3n) is 3.59. The molecule has 2 rings (SSSR count). The van der Waals surface area contributed by atoms with Crippen LogP contribution in [0.5, 0.6) is 0 Å². The average Bonchev–Trinajstić information content (AvgIpc) is 3.16. The van der Waals surface area contributed by atoms with Gasteiger partial charge in [0.2, 0.25) is 5.91 Å². The van der Waals surface area contributed by atoms with E-state index in [2.05, 4.69) is 10.6 Å². The molecule has 0 bridgehead atoms. The molecule has 6 nitrogen and oxygen atoms in total. The highest BCUT2D eigenvalue weighted by atomic mass is 32.1. The van der Waals surface area contributed by atoms with Crippen molar-refractivity contribution >= 4 is 23.2 Å². The molecule has 0 radical (unpaired) electrons. The number of methoxy groups -OCH3 is 1. The minimum atomic E-state index is -0.358. The van der Waals surface area contributed by atoms with E-state index in [4.69, 9.17) is 9.47 Å². The van der Waals surface area contributed by atoms with Gasteiger partial charge < -0.3 is 20.1 Å². The Kier molecular flexibility index (Phi) is 5.72. The Morgan fingerprint density at radius 2 is 2.33 bits per heavy atom. The number of hydrogen-bond donors (Lipinski definition) is 2. The number of likely N-dealkylation sites (N-methyl/N-ethyl adjacent to an activating group) is 1. The Balaban J connectivity index is 2.04. The summed E-state index contributed by atoms with van der Waals surface area (Å²) in [6.45, 7) is 0.919. The van der Waals surface area contributed by atoms with Crippen molar-refractivity contribution < 1.29 is 19.1 Å². The maximum Gasteiger partial charge on any atom is 0.307 e. The van der Waals surface area contributed by atoms with Crippen molar-refractivity contribution in [3.63, 3.8) is 0 Å². The lowest BCUT2D eigenvalue weighted by Crippen LogP contribution is -2.44. The molecule has 2 heterocycles. The van der Waals surface area contributed by atoms with E-state index in [0.717, 1.165) is 4.88 Å². The van der Waals surface area contributed by atoms with Gasteiger partial charge in [-0.25, -0.2) is 0 Å². The summed E-state index contributed by atoms with van der Waals surface area (Å²) in [4.78, 5) is 24.9. The zero-order valence-corrected chi connectivity index (χ0v) is 12.9. The molecule has 1 fully saturated rings. The van der Waals surface area contributed by atoms with Crippen molar-refractivity contribution in [1.29, 1.82) is 0 Å². The van der Waals surface area contributed by atoms with Gasteiger partial charge in [-0.3, -0.25) is 9.59 Å². The van der Waals surface area contributed by atoms with E-state index >= 15 is 0 Å². The number of amides is 1.